The van der Waals surface area contributed by atoms with Crippen LogP contribution in [0.5, 0.6) is 0 Å². The number of benzene rings is 2. The second-order valence-corrected chi connectivity index (χ2v) is 7.94. The summed E-state index contributed by atoms with van der Waals surface area (Å²) in [5, 5.41) is 0.262. The average Bonchev–Trinajstić information content (AvgIpc) is 2.79. The first-order valence-corrected chi connectivity index (χ1v) is 10.4. The zero-order chi connectivity index (χ0) is 21.7. The van der Waals surface area contributed by atoms with E-state index in [9.17, 15) is 4.79 Å². The second kappa shape index (κ2) is 9.62. The van der Waals surface area contributed by atoms with Crippen LogP contribution in [0.4, 0.5) is 5.82 Å². The highest BCUT2D eigenvalue weighted by molar-refractivity contribution is 6.33. The third-order valence-corrected chi connectivity index (χ3v) is 5.61. The van der Waals surface area contributed by atoms with Crippen LogP contribution in [-0.4, -0.2) is 28.4 Å². The van der Waals surface area contributed by atoms with Crippen LogP contribution in [-0.2, 0) is 40.6 Å². The molecule has 1 aliphatic rings. The van der Waals surface area contributed by atoms with Crippen molar-refractivity contribution in [2.45, 2.75) is 32.0 Å². The van der Waals surface area contributed by atoms with Gasteiger partial charge in [0.05, 0.1) is 32.1 Å². The highest BCUT2D eigenvalue weighted by Crippen LogP contribution is 2.31. The number of nitrogens with zero attached hydrogens (tertiary/aromatic N) is 2. The number of hydrogen-bond donors (Lipinski definition) is 1. The lowest BCUT2D eigenvalue weighted by molar-refractivity contribution is -0.173. The molecule has 0 aliphatic carbocycles. The fourth-order valence-corrected chi connectivity index (χ4v) is 3.75. The molecule has 2 N–H and O–H groups in total. The fourth-order valence-electron chi connectivity index (χ4n) is 3.54. The molecule has 0 fully saturated rings. The number of anilines is 1. The summed E-state index contributed by atoms with van der Waals surface area (Å²) >= 11 is 6.39. The minimum atomic E-state index is -0.812. The molecule has 0 saturated carbocycles. The highest BCUT2D eigenvalue weighted by Gasteiger charge is 2.39. The number of hydrogen-bond acceptors (Lipinski definition) is 6. The van der Waals surface area contributed by atoms with Gasteiger partial charge in [0.15, 0.2) is 0 Å². The molecule has 2 heterocycles. The molecular weight excluding hydrogens is 418 g/mol. The molecule has 0 amide bonds. The van der Waals surface area contributed by atoms with E-state index in [-0.39, 0.29) is 30.8 Å². The number of aromatic nitrogens is 2. The molecule has 0 bridgehead atoms. The Morgan fingerprint density at radius 2 is 1.55 bits per heavy atom. The van der Waals surface area contributed by atoms with Crippen molar-refractivity contribution in [3.63, 3.8) is 0 Å². The van der Waals surface area contributed by atoms with Crippen LogP contribution in [0.1, 0.15) is 16.8 Å². The Morgan fingerprint density at radius 3 is 2.10 bits per heavy atom. The van der Waals surface area contributed by atoms with E-state index in [1.54, 1.807) is 0 Å². The predicted molar refractivity (Wildman–Crippen MR) is 118 cm³/mol. The van der Waals surface area contributed by atoms with Gasteiger partial charge in [-0.3, -0.25) is 4.57 Å². The molecule has 0 atom stereocenters. The fraction of sp³-hybridized carbons (Fsp3) is 0.304. The Bertz CT molecular complexity index is 1030. The number of nitrogens with two attached hydrogens (primary N) is 1. The molecule has 162 valence electrons. The molecule has 0 radical (unpaired) electrons. The van der Waals surface area contributed by atoms with E-state index in [1.165, 1.54) is 4.57 Å². The van der Waals surface area contributed by atoms with Gasteiger partial charge >= 0.3 is 5.69 Å². The quantitative estimate of drug-likeness (QED) is 0.577. The largest absolute Gasteiger partial charge is 0.382 e. The van der Waals surface area contributed by atoms with Gasteiger partial charge in [-0.05, 0) is 11.1 Å². The molecule has 1 aliphatic heterocycles. The molecule has 1 aromatic heterocycles. The third-order valence-electron chi connectivity index (χ3n) is 5.19. The summed E-state index contributed by atoms with van der Waals surface area (Å²) < 4.78 is 19.5. The second-order valence-electron chi connectivity index (χ2n) is 7.56. The van der Waals surface area contributed by atoms with E-state index in [2.05, 4.69) is 4.98 Å². The van der Waals surface area contributed by atoms with E-state index in [1.807, 2.05) is 60.7 Å². The van der Waals surface area contributed by atoms with Crippen molar-refractivity contribution >= 4 is 17.4 Å². The summed E-state index contributed by atoms with van der Waals surface area (Å²) in [5.74, 6) is 0.0177. The number of ether oxygens (including phenoxy) is 3. The SMILES string of the molecule is Nc1nc(=O)n2c(c1Cl)CC(COCc1ccccc1)(COCc1ccccc1)OC2. The molecule has 4 rings (SSSR count). The Balaban J connectivity index is 1.51. The van der Waals surface area contributed by atoms with Gasteiger partial charge in [0.1, 0.15) is 23.2 Å². The van der Waals surface area contributed by atoms with Gasteiger partial charge < -0.3 is 19.9 Å². The molecule has 0 spiro atoms. The van der Waals surface area contributed by atoms with E-state index in [4.69, 9.17) is 31.5 Å². The van der Waals surface area contributed by atoms with Gasteiger partial charge in [-0.2, -0.15) is 4.98 Å². The average molecular weight is 442 g/mol. The molecule has 0 saturated heterocycles. The topological polar surface area (TPSA) is 88.6 Å². The molecule has 3 aromatic rings. The maximum atomic E-state index is 12.2. The molecule has 2 aromatic carbocycles. The number of halogens is 1. The van der Waals surface area contributed by atoms with Crippen LogP contribution in [0.3, 0.4) is 0 Å². The summed E-state index contributed by atoms with van der Waals surface area (Å²) in [6, 6.07) is 19.8. The zero-order valence-corrected chi connectivity index (χ0v) is 17.8. The van der Waals surface area contributed by atoms with E-state index in [0.717, 1.165) is 11.1 Å². The maximum Gasteiger partial charge on any atom is 0.351 e. The van der Waals surface area contributed by atoms with Gasteiger partial charge in [-0.1, -0.05) is 72.3 Å². The standard InChI is InChI=1S/C23H24ClN3O4/c24-20-19-11-23(14-29-12-17-7-3-1-4-8-17,15-30-13-18-9-5-2-6-10-18)31-16-27(19)22(28)26-21(20)25/h1-10H,11-16H2,(H2,25,26,28). The van der Waals surface area contributed by atoms with E-state index in [0.29, 0.717) is 25.3 Å². The zero-order valence-electron chi connectivity index (χ0n) is 17.0. The van der Waals surface area contributed by atoms with E-state index >= 15 is 0 Å². The van der Waals surface area contributed by atoms with Gasteiger partial charge in [-0.25, -0.2) is 4.79 Å². The van der Waals surface area contributed by atoms with Gasteiger partial charge in [0, 0.05) is 6.42 Å². The summed E-state index contributed by atoms with van der Waals surface area (Å²) in [5.41, 5.74) is 7.22. The van der Waals surface area contributed by atoms with Crippen molar-refractivity contribution in [2.24, 2.45) is 0 Å². The van der Waals surface area contributed by atoms with Crippen LogP contribution in [0.15, 0.2) is 65.5 Å². The van der Waals surface area contributed by atoms with Crippen molar-refractivity contribution < 1.29 is 14.2 Å². The first kappa shape index (κ1) is 21.5. The van der Waals surface area contributed by atoms with Crippen molar-refractivity contribution in [1.82, 2.24) is 9.55 Å². The normalized spacial score (nSPS) is 14.9. The predicted octanol–water partition coefficient (Wildman–Crippen LogP) is 3.18. The first-order chi connectivity index (χ1) is 15.1. The minimum Gasteiger partial charge on any atom is -0.382 e. The summed E-state index contributed by atoms with van der Waals surface area (Å²) in [6.07, 6.45) is 0.317. The lowest BCUT2D eigenvalue weighted by atomic mass is 9.97. The monoisotopic (exact) mass is 441 g/mol. The van der Waals surface area contributed by atoms with Crippen molar-refractivity contribution in [3.8, 4) is 0 Å². The van der Waals surface area contributed by atoms with Gasteiger partial charge in [0.25, 0.3) is 0 Å². The number of nitrogen functional groups attached to an aromatic ring is 1. The number of fused-ring (bicyclic) bond motifs is 1. The van der Waals surface area contributed by atoms with Crippen LogP contribution in [0.2, 0.25) is 5.02 Å². The Hall–Kier alpha value is -2.71. The van der Waals surface area contributed by atoms with Crippen LogP contribution < -0.4 is 11.4 Å². The first-order valence-electron chi connectivity index (χ1n) is 9.98. The molecule has 31 heavy (non-hydrogen) atoms. The van der Waals surface area contributed by atoms with Crippen molar-refractivity contribution in [3.05, 3.63) is 93.0 Å². The summed E-state index contributed by atoms with van der Waals surface area (Å²) in [6.45, 7) is 1.41. The maximum absolute atomic E-state index is 12.2. The third kappa shape index (κ3) is 5.14. The molecule has 0 unspecified atom stereocenters. The van der Waals surface area contributed by atoms with Crippen LogP contribution >= 0.6 is 11.6 Å². The van der Waals surface area contributed by atoms with Gasteiger partial charge in [-0.15, -0.1) is 0 Å². The van der Waals surface area contributed by atoms with Crippen molar-refractivity contribution in [2.75, 3.05) is 18.9 Å². The number of rotatable bonds is 8. The minimum absolute atomic E-state index is 0.00452. The van der Waals surface area contributed by atoms with E-state index < -0.39 is 11.3 Å². The van der Waals surface area contributed by atoms with Crippen molar-refractivity contribution in [1.29, 1.82) is 0 Å². The lowest BCUT2D eigenvalue weighted by Gasteiger charge is -2.38. The van der Waals surface area contributed by atoms with Gasteiger partial charge in [0.2, 0.25) is 0 Å². The Morgan fingerprint density at radius 1 is 1.00 bits per heavy atom. The van der Waals surface area contributed by atoms with Crippen LogP contribution in [0, 0.1) is 0 Å². The molecular formula is C23H24ClN3O4. The summed E-state index contributed by atoms with van der Waals surface area (Å²) in [4.78, 5) is 16.0. The smallest absolute Gasteiger partial charge is 0.351 e. The summed E-state index contributed by atoms with van der Waals surface area (Å²) in [7, 11) is 0. The molecule has 7 nitrogen and oxygen atoms in total. The van der Waals surface area contributed by atoms with Crippen LogP contribution in [0.25, 0.3) is 0 Å². The lowest BCUT2D eigenvalue weighted by Crippen LogP contribution is -2.51. The Labute approximate surface area is 185 Å². The molecule has 8 heteroatoms. The highest BCUT2D eigenvalue weighted by atomic mass is 35.5. The Kier molecular flexibility index (Phi) is 6.67.